The predicted molar refractivity (Wildman–Crippen MR) is 35.6 cm³/mol. The molecule has 0 aromatic carbocycles. The maximum atomic E-state index is 8.29. The first-order valence-corrected chi connectivity index (χ1v) is 2.73. The average molecular weight is 121 g/mol. The monoisotopic (exact) mass is 121 g/mol. The number of nitrogens with zero attached hydrogens (tertiary/aromatic N) is 3. The van der Waals surface area contributed by atoms with Gasteiger partial charge in [0.05, 0.1) is 12.5 Å². The number of aliphatic imine (C=N–C) groups is 2. The summed E-state index contributed by atoms with van der Waals surface area (Å²) in [6.07, 6.45) is 3.61. The van der Waals surface area contributed by atoms with Gasteiger partial charge in [-0.3, -0.25) is 9.98 Å². The first-order valence-electron chi connectivity index (χ1n) is 2.73. The highest BCUT2D eigenvalue weighted by molar-refractivity contribution is 6.17. The Morgan fingerprint density at radius 2 is 2.11 bits per heavy atom. The summed E-state index contributed by atoms with van der Waals surface area (Å²) in [6.45, 7) is 1.83. The second kappa shape index (κ2) is 1.98. The molecule has 0 aromatic rings. The molecule has 0 unspecified atom stereocenters. The summed E-state index contributed by atoms with van der Waals surface area (Å²) in [4.78, 5) is 7.98. The van der Waals surface area contributed by atoms with Gasteiger partial charge in [-0.15, -0.1) is 0 Å². The predicted octanol–water partition coefficient (Wildman–Crippen LogP) is 0.771. The van der Waals surface area contributed by atoms with Crippen LogP contribution in [0.5, 0.6) is 0 Å². The van der Waals surface area contributed by atoms with E-state index in [4.69, 9.17) is 5.26 Å². The fourth-order valence-electron chi connectivity index (χ4n) is 0.662. The molecule has 0 aliphatic carbocycles. The van der Waals surface area contributed by atoms with Gasteiger partial charge in [0.2, 0.25) is 0 Å². The minimum Gasteiger partial charge on any atom is -0.261 e. The molecule has 0 bridgehead atoms. The van der Waals surface area contributed by atoms with E-state index in [0.29, 0.717) is 6.42 Å². The lowest BCUT2D eigenvalue weighted by Gasteiger charge is -2.10. The Hall–Kier alpha value is -1.17. The van der Waals surface area contributed by atoms with Crippen molar-refractivity contribution >= 4 is 12.4 Å². The average Bonchev–Trinajstić information content (AvgIpc) is 2.16. The minimum absolute atomic E-state index is 0.361. The molecular formula is C6H7N3. The molecule has 0 radical (unpaired) electrons. The van der Waals surface area contributed by atoms with Crippen molar-refractivity contribution in [1.82, 2.24) is 0 Å². The van der Waals surface area contributed by atoms with Crippen LogP contribution < -0.4 is 0 Å². The van der Waals surface area contributed by atoms with Crippen molar-refractivity contribution in [2.24, 2.45) is 9.98 Å². The highest BCUT2D eigenvalue weighted by Crippen LogP contribution is 2.17. The van der Waals surface area contributed by atoms with Crippen LogP contribution in [0.15, 0.2) is 9.98 Å². The van der Waals surface area contributed by atoms with Crippen LogP contribution in [0.2, 0.25) is 0 Å². The molecule has 0 N–H and O–H groups in total. The van der Waals surface area contributed by atoms with E-state index >= 15 is 0 Å². The van der Waals surface area contributed by atoms with Gasteiger partial charge in [-0.1, -0.05) is 0 Å². The zero-order valence-electron chi connectivity index (χ0n) is 5.20. The van der Waals surface area contributed by atoms with Crippen molar-refractivity contribution in [1.29, 1.82) is 5.26 Å². The van der Waals surface area contributed by atoms with Crippen LogP contribution in [-0.4, -0.2) is 18.1 Å². The lowest BCUT2D eigenvalue weighted by Crippen LogP contribution is -2.14. The quantitative estimate of drug-likeness (QED) is 0.505. The highest BCUT2D eigenvalue weighted by atomic mass is 15.1. The molecule has 0 amide bonds. The summed E-state index contributed by atoms with van der Waals surface area (Å²) in [7, 11) is 0. The minimum atomic E-state index is -0.477. The van der Waals surface area contributed by atoms with Crippen LogP contribution in [-0.2, 0) is 0 Å². The Kier molecular flexibility index (Phi) is 1.31. The fourth-order valence-corrected chi connectivity index (χ4v) is 0.662. The molecule has 1 rings (SSSR count). The number of hydrogen-bond acceptors (Lipinski definition) is 3. The Bertz CT molecular complexity index is 185. The van der Waals surface area contributed by atoms with E-state index in [1.165, 1.54) is 0 Å². The summed E-state index contributed by atoms with van der Waals surface area (Å²) in [5.41, 5.74) is -0.477. The number of rotatable bonds is 1. The molecule has 9 heavy (non-hydrogen) atoms. The first-order chi connectivity index (χ1) is 4.27. The molecular weight excluding hydrogens is 114 g/mol. The fraction of sp³-hybridized carbons (Fsp3) is 0.500. The summed E-state index contributed by atoms with van der Waals surface area (Å²) in [5.74, 6) is 0. The zero-order valence-corrected chi connectivity index (χ0v) is 5.20. The molecule has 3 heteroatoms. The molecule has 0 atom stereocenters. The zero-order chi connectivity index (χ0) is 6.74. The molecule has 0 aromatic heterocycles. The molecule has 0 saturated heterocycles. The SMILES string of the molecule is CC1(CC#N)N=CC=N1. The van der Waals surface area contributed by atoms with E-state index in [9.17, 15) is 0 Å². The highest BCUT2D eigenvalue weighted by Gasteiger charge is 2.21. The standard InChI is InChI=1S/C6H7N3/c1-6(2-3-7)8-4-5-9-6/h4-5H,2H2,1H3. The third-order valence-electron chi connectivity index (χ3n) is 1.19. The van der Waals surface area contributed by atoms with E-state index in [1.807, 2.05) is 13.0 Å². The molecule has 3 nitrogen and oxygen atoms in total. The van der Waals surface area contributed by atoms with Crippen LogP contribution in [0.4, 0.5) is 0 Å². The van der Waals surface area contributed by atoms with Crippen molar-refractivity contribution in [2.75, 3.05) is 0 Å². The van der Waals surface area contributed by atoms with Crippen LogP contribution in [0.25, 0.3) is 0 Å². The second-order valence-corrected chi connectivity index (χ2v) is 2.11. The Balaban J connectivity index is 2.67. The normalized spacial score (nSPS) is 20.0. The van der Waals surface area contributed by atoms with Crippen molar-refractivity contribution in [3.05, 3.63) is 0 Å². The summed E-state index contributed by atoms with van der Waals surface area (Å²) >= 11 is 0. The molecule has 1 heterocycles. The lowest BCUT2D eigenvalue weighted by atomic mass is 10.2. The first kappa shape index (κ1) is 5.96. The molecule has 46 valence electrons. The Morgan fingerprint density at radius 1 is 1.56 bits per heavy atom. The smallest absolute Gasteiger partial charge is 0.160 e. The van der Waals surface area contributed by atoms with Crippen LogP contribution in [0, 0.1) is 11.3 Å². The largest absolute Gasteiger partial charge is 0.261 e. The van der Waals surface area contributed by atoms with Gasteiger partial charge in [-0.25, -0.2) is 0 Å². The van der Waals surface area contributed by atoms with Gasteiger partial charge in [0.15, 0.2) is 5.66 Å². The second-order valence-electron chi connectivity index (χ2n) is 2.11. The van der Waals surface area contributed by atoms with Gasteiger partial charge in [0, 0.05) is 12.4 Å². The van der Waals surface area contributed by atoms with E-state index in [2.05, 4.69) is 9.98 Å². The van der Waals surface area contributed by atoms with Crippen LogP contribution in [0.3, 0.4) is 0 Å². The van der Waals surface area contributed by atoms with Gasteiger partial charge in [0.25, 0.3) is 0 Å². The lowest BCUT2D eigenvalue weighted by molar-refractivity contribution is 0.523. The molecule has 0 fully saturated rings. The topological polar surface area (TPSA) is 48.5 Å². The molecule has 1 aliphatic rings. The van der Waals surface area contributed by atoms with Crippen molar-refractivity contribution in [3.63, 3.8) is 0 Å². The van der Waals surface area contributed by atoms with Crippen molar-refractivity contribution < 1.29 is 0 Å². The van der Waals surface area contributed by atoms with Crippen molar-refractivity contribution in [2.45, 2.75) is 19.0 Å². The summed E-state index contributed by atoms with van der Waals surface area (Å²) in [5, 5.41) is 8.29. The van der Waals surface area contributed by atoms with Crippen molar-refractivity contribution in [3.8, 4) is 6.07 Å². The van der Waals surface area contributed by atoms with E-state index in [0.717, 1.165) is 0 Å². The molecule has 0 saturated carbocycles. The maximum absolute atomic E-state index is 8.29. The molecule has 1 aliphatic heterocycles. The third kappa shape index (κ3) is 1.14. The summed E-state index contributed by atoms with van der Waals surface area (Å²) in [6, 6.07) is 2.02. The number of nitriles is 1. The Labute approximate surface area is 53.7 Å². The maximum Gasteiger partial charge on any atom is 0.160 e. The van der Waals surface area contributed by atoms with Gasteiger partial charge >= 0.3 is 0 Å². The van der Waals surface area contributed by atoms with E-state index in [1.54, 1.807) is 12.4 Å². The van der Waals surface area contributed by atoms with Gasteiger partial charge in [0.1, 0.15) is 0 Å². The Morgan fingerprint density at radius 3 is 2.56 bits per heavy atom. The third-order valence-corrected chi connectivity index (χ3v) is 1.19. The van der Waals surface area contributed by atoms with Crippen LogP contribution in [0.1, 0.15) is 13.3 Å². The van der Waals surface area contributed by atoms with E-state index in [-0.39, 0.29) is 0 Å². The van der Waals surface area contributed by atoms with Crippen LogP contribution >= 0.6 is 0 Å². The van der Waals surface area contributed by atoms with E-state index < -0.39 is 5.66 Å². The number of hydrogen-bond donors (Lipinski definition) is 0. The molecule has 0 spiro atoms. The summed E-state index contributed by atoms with van der Waals surface area (Å²) < 4.78 is 0. The van der Waals surface area contributed by atoms with Gasteiger partial charge < -0.3 is 0 Å². The van der Waals surface area contributed by atoms with Gasteiger partial charge in [-0.2, -0.15) is 5.26 Å². The van der Waals surface area contributed by atoms with Gasteiger partial charge in [-0.05, 0) is 6.92 Å².